The Morgan fingerprint density at radius 2 is 1.87 bits per heavy atom. The van der Waals surface area contributed by atoms with E-state index in [9.17, 15) is 5.11 Å². The number of rotatable bonds is 3. The second-order valence-electron chi connectivity index (χ2n) is 4.73. The van der Waals surface area contributed by atoms with Gasteiger partial charge in [0.05, 0.1) is 0 Å². The zero-order valence-corrected chi connectivity index (χ0v) is 11.1. The maximum Gasteiger partial charge on any atom is 0.154 e. The van der Waals surface area contributed by atoms with Crippen LogP contribution in [0.4, 0.5) is 0 Å². The molecule has 0 saturated heterocycles. The van der Waals surface area contributed by atoms with Gasteiger partial charge in [-0.1, -0.05) is 20.8 Å². The van der Waals surface area contributed by atoms with E-state index in [2.05, 4.69) is 39.3 Å². The topological polar surface area (TPSA) is 20.2 Å². The maximum absolute atomic E-state index is 9.89. The Hall–Kier alpha value is -0.630. The molecule has 0 unspecified atom stereocenters. The van der Waals surface area contributed by atoms with Crippen molar-refractivity contribution in [2.24, 2.45) is 0 Å². The van der Waals surface area contributed by atoms with Crippen LogP contribution in [0.3, 0.4) is 0 Å². The third-order valence-corrected chi connectivity index (χ3v) is 4.25. The van der Waals surface area contributed by atoms with Crippen LogP contribution < -0.4 is 0 Å². The van der Waals surface area contributed by atoms with E-state index < -0.39 is 0 Å². The molecule has 0 spiro atoms. The van der Waals surface area contributed by atoms with Crippen LogP contribution in [0.2, 0.25) is 0 Å². The lowest BCUT2D eigenvalue weighted by molar-refractivity contribution is 0.427. The van der Waals surface area contributed by atoms with Crippen molar-refractivity contribution >= 4 is 10.9 Å². The Labute approximate surface area is 95.9 Å². The van der Waals surface area contributed by atoms with E-state index in [1.807, 2.05) is 12.1 Å². The van der Waals surface area contributed by atoms with Crippen LogP contribution in [0, 0.1) is 0 Å². The van der Waals surface area contributed by atoms with Gasteiger partial charge in [0.15, 0.2) is 4.90 Å². The van der Waals surface area contributed by atoms with Crippen LogP contribution in [-0.2, 0) is 16.3 Å². The smallest absolute Gasteiger partial charge is 0.154 e. The van der Waals surface area contributed by atoms with Crippen molar-refractivity contribution in [3.63, 3.8) is 0 Å². The summed E-state index contributed by atoms with van der Waals surface area (Å²) < 4.78 is 0. The molecule has 1 aromatic carbocycles. The Balaban J connectivity index is 3.22. The van der Waals surface area contributed by atoms with Crippen molar-refractivity contribution in [2.45, 2.75) is 37.5 Å². The summed E-state index contributed by atoms with van der Waals surface area (Å²) >= 11 is 0. The van der Waals surface area contributed by atoms with E-state index in [1.54, 1.807) is 0 Å². The van der Waals surface area contributed by atoms with E-state index in [0.29, 0.717) is 5.75 Å². The van der Waals surface area contributed by atoms with Crippen molar-refractivity contribution in [2.75, 3.05) is 12.5 Å². The van der Waals surface area contributed by atoms with Gasteiger partial charge in [-0.25, -0.2) is 0 Å². The molecule has 0 amide bonds. The van der Waals surface area contributed by atoms with E-state index in [-0.39, 0.29) is 16.3 Å². The lowest BCUT2D eigenvalue weighted by Gasteiger charge is -2.24. The summed E-state index contributed by atoms with van der Waals surface area (Å²) in [6.07, 6.45) is 5.44. The van der Waals surface area contributed by atoms with Crippen molar-refractivity contribution in [1.82, 2.24) is 0 Å². The molecule has 0 atom stereocenters. The molecular formula is C13H21OS+. The SMILES string of the molecule is CCC(C)(C)c1cc([S+](C)C)ccc1O. The predicted molar refractivity (Wildman–Crippen MR) is 68.9 cm³/mol. The second kappa shape index (κ2) is 4.48. The molecule has 0 saturated carbocycles. The number of hydrogen-bond acceptors (Lipinski definition) is 1. The number of hydrogen-bond donors (Lipinski definition) is 1. The molecule has 0 aliphatic heterocycles. The molecule has 15 heavy (non-hydrogen) atoms. The summed E-state index contributed by atoms with van der Waals surface area (Å²) in [6.45, 7) is 6.51. The zero-order valence-electron chi connectivity index (χ0n) is 10.3. The van der Waals surface area contributed by atoms with Gasteiger partial charge < -0.3 is 5.11 Å². The summed E-state index contributed by atoms with van der Waals surface area (Å²) in [5.41, 5.74) is 1.13. The van der Waals surface area contributed by atoms with Gasteiger partial charge in [-0.15, -0.1) is 0 Å². The number of benzene rings is 1. The highest BCUT2D eigenvalue weighted by molar-refractivity contribution is 7.95. The molecule has 0 bridgehead atoms. The van der Waals surface area contributed by atoms with E-state index in [0.717, 1.165) is 12.0 Å². The van der Waals surface area contributed by atoms with Crippen molar-refractivity contribution in [1.29, 1.82) is 0 Å². The molecule has 0 heterocycles. The van der Waals surface area contributed by atoms with Crippen LogP contribution in [-0.4, -0.2) is 17.6 Å². The molecule has 1 rings (SSSR count). The van der Waals surface area contributed by atoms with Crippen molar-refractivity contribution in [3.05, 3.63) is 23.8 Å². The van der Waals surface area contributed by atoms with Crippen molar-refractivity contribution < 1.29 is 5.11 Å². The first-order valence-corrected chi connectivity index (χ1v) is 7.33. The van der Waals surface area contributed by atoms with Gasteiger partial charge in [0, 0.05) is 22.5 Å². The number of aromatic hydroxyl groups is 1. The minimum absolute atomic E-state index is 0.0550. The normalized spacial score (nSPS) is 12.1. The summed E-state index contributed by atoms with van der Waals surface area (Å²) in [5, 5.41) is 9.89. The number of phenolic OH excluding ortho intramolecular Hbond substituents is 1. The molecule has 1 nitrogen and oxygen atoms in total. The van der Waals surface area contributed by atoms with Crippen LogP contribution in [0.25, 0.3) is 0 Å². The van der Waals surface area contributed by atoms with E-state index in [4.69, 9.17) is 0 Å². The Morgan fingerprint density at radius 3 is 2.33 bits per heavy atom. The highest BCUT2D eigenvalue weighted by Crippen LogP contribution is 2.34. The predicted octanol–water partition coefficient (Wildman–Crippen LogP) is 3.32. The van der Waals surface area contributed by atoms with E-state index >= 15 is 0 Å². The molecule has 0 aliphatic rings. The summed E-state index contributed by atoms with van der Waals surface area (Å²) in [5.74, 6) is 0.427. The van der Waals surface area contributed by atoms with Crippen LogP contribution >= 0.6 is 0 Å². The zero-order chi connectivity index (χ0) is 11.6. The molecule has 1 N–H and O–H groups in total. The van der Waals surface area contributed by atoms with Gasteiger partial charge in [-0.05, 0) is 24.0 Å². The Bertz CT molecular complexity index is 342. The summed E-state index contributed by atoms with van der Waals surface area (Å²) in [7, 11) is 0.255. The van der Waals surface area contributed by atoms with Gasteiger partial charge in [-0.2, -0.15) is 0 Å². The van der Waals surface area contributed by atoms with Crippen LogP contribution in [0.1, 0.15) is 32.8 Å². The largest absolute Gasteiger partial charge is 0.508 e. The van der Waals surface area contributed by atoms with Gasteiger partial charge in [0.1, 0.15) is 18.3 Å². The first kappa shape index (κ1) is 12.4. The average Bonchev–Trinajstić information content (AvgIpc) is 2.17. The first-order chi connectivity index (χ1) is 6.88. The average molecular weight is 225 g/mol. The monoisotopic (exact) mass is 225 g/mol. The molecule has 2 heteroatoms. The molecule has 84 valence electrons. The molecule has 0 aliphatic carbocycles. The Morgan fingerprint density at radius 1 is 1.27 bits per heavy atom. The first-order valence-electron chi connectivity index (χ1n) is 5.29. The summed E-state index contributed by atoms with van der Waals surface area (Å²) in [6, 6.07) is 6.00. The Kier molecular flexibility index (Phi) is 3.72. The fraction of sp³-hybridized carbons (Fsp3) is 0.538. The fourth-order valence-corrected chi connectivity index (χ4v) is 2.20. The van der Waals surface area contributed by atoms with Crippen LogP contribution in [0.15, 0.2) is 23.1 Å². The van der Waals surface area contributed by atoms with Gasteiger partial charge >= 0.3 is 0 Å². The second-order valence-corrected chi connectivity index (χ2v) is 6.84. The fourth-order valence-electron chi connectivity index (χ4n) is 1.50. The molecule has 0 aromatic heterocycles. The molecular weight excluding hydrogens is 204 g/mol. The highest BCUT2D eigenvalue weighted by Gasteiger charge is 2.24. The minimum Gasteiger partial charge on any atom is -0.508 e. The molecule has 1 aromatic rings. The van der Waals surface area contributed by atoms with Crippen LogP contribution in [0.5, 0.6) is 5.75 Å². The number of phenols is 1. The molecule has 0 radical (unpaired) electrons. The van der Waals surface area contributed by atoms with Gasteiger partial charge in [0.25, 0.3) is 0 Å². The summed E-state index contributed by atoms with van der Waals surface area (Å²) in [4.78, 5) is 1.32. The lowest BCUT2D eigenvalue weighted by atomic mass is 9.82. The molecule has 0 fully saturated rings. The minimum atomic E-state index is 0.0550. The van der Waals surface area contributed by atoms with Gasteiger partial charge in [-0.3, -0.25) is 0 Å². The third kappa shape index (κ3) is 2.69. The lowest BCUT2D eigenvalue weighted by Crippen LogP contribution is -2.16. The standard InChI is InChI=1S/C13H20OS/c1-6-13(2,3)11-9-10(15(4)5)7-8-12(11)14/h7-9H,6H2,1-5H3/p+1. The van der Waals surface area contributed by atoms with Gasteiger partial charge in [0.2, 0.25) is 0 Å². The maximum atomic E-state index is 9.89. The third-order valence-electron chi connectivity index (χ3n) is 3.05. The quantitative estimate of drug-likeness (QED) is 0.782. The van der Waals surface area contributed by atoms with Crippen molar-refractivity contribution in [3.8, 4) is 5.75 Å². The van der Waals surface area contributed by atoms with E-state index in [1.165, 1.54) is 4.90 Å². The highest BCUT2D eigenvalue weighted by atomic mass is 32.2.